The van der Waals surface area contributed by atoms with Crippen LogP contribution in [0.1, 0.15) is 5.56 Å². The first kappa shape index (κ1) is 15.6. The fraction of sp³-hybridized carbons (Fsp3) is 0.333. The summed E-state index contributed by atoms with van der Waals surface area (Å²) in [5.41, 5.74) is 5.73. The molecule has 1 aromatic rings. The van der Waals surface area contributed by atoms with E-state index in [0.717, 1.165) is 0 Å². The SMILES string of the molecule is NCc1cc(S(=O)(=O)NCC(F)F)c(Cl)cc1Cl. The van der Waals surface area contributed by atoms with Gasteiger partial charge in [-0.15, -0.1) is 0 Å². The maximum Gasteiger partial charge on any atom is 0.251 e. The van der Waals surface area contributed by atoms with Crippen LogP contribution >= 0.6 is 23.2 Å². The van der Waals surface area contributed by atoms with Crippen molar-refractivity contribution in [2.24, 2.45) is 5.73 Å². The third-order valence-corrected chi connectivity index (χ3v) is 4.28. The molecule has 1 rings (SSSR count). The van der Waals surface area contributed by atoms with E-state index in [9.17, 15) is 17.2 Å². The van der Waals surface area contributed by atoms with Crippen LogP contribution in [0.5, 0.6) is 0 Å². The molecule has 0 heterocycles. The molecule has 0 bridgehead atoms. The number of hydrogen-bond donors (Lipinski definition) is 2. The quantitative estimate of drug-likeness (QED) is 0.872. The monoisotopic (exact) mass is 318 g/mol. The van der Waals surface area contributed by atoms with Crippen molar-refractivity contribution in [2.75, 3.05) is 6.54 Å². The summed E-state index contributed by atoms with van der Waals surface area (Å²) in [6, 6.07) is 2.38. The Kier molecular flexibility index (Phi) is 5.30. The van der Waals surface area contributed by atoms with Gasteiger partial charge in [-0.05, 0) is 17.7 Å². The first-order chi connectivity index (χ1) is 8.27. The molecule has 0 saturated carbocycles. The lowest BCUT2D eigenvalue weighted by Gasteiger charge is -2.10. The molecule has 0 fully saturated rings. The summed E-state index contributed by atoms with van der Waals surface area (Å²) in [7, 11) is -4.11. The molecule has 102 valence electrons. The maximum atomic E-state index is 12.0. The normalized spacial score (nSPS) is 12.1. The standard InChI is InChI=1S/C9H10Cl2F2N2O2S/c10-6-2-7(11)8(1-5(6)3-14)18(16,17)15-4-9(12)13/h1-2,9,15H,3-4,14H2. The highest BCUT2D eigenvalue weighted by molar-refractivity contribution is 7.89. The molecule has 9 heteroatoms. The Morgan fingerprint density at radius 1 is 1.28 bits per heavy atom. The van der Waals surface area contributed by atoms with E-state index in [1.165, 1.54) is 12.1 Å². The minimum Gasteiger partial charge on any atom is -0.326 e. The molecule has 0 amide bonds. The second-order valence-corrected chi connectivity index (χ2v) is 5.87. The average Bonchev–Trinajstić information content (AvgIpc) is 2.26. The molecule has 3 N–H and O–H groups in total. The van der Waals surface area contributed by atoms with Gasteiger partial charge in [-0.2, -0.15) is 0 Å². The van der Waals surface area contributed by atoms with E-state index in [-0.39, 0.29) is 21.5 Å². The van der Waals surface area contributed by atoms with Crippen LogP contribution in [0, 0.1) is 0 Å². The fourth-order valence-electron chi connectivity index (χ4n) is 1.18. The van der Waals surface area contributed by atoms with Crippen LogP contribution in [-0.2, 0) is 16.6 Å². The van der Waals surface area contributed by atoms with Crippen LogP contribution in [-0.4, -0.2) is 21.4 Å². The van der Waals surface area contributed by atoms with Gasteiger partial charge >= 0.3 is 0 Å². The number of benzene rings is 1. The number of rotatable bonds is 5. The van der Waals surface area contributed by atoms with Crippen LogP contribution in [0.2, 0.25) is 10.0 Å². The third kappa shape index (κ3) is 3.76. The van der Waals surface area contributed by atoms with Gasteiger partial charge in [0.05, 0.1) is 11.6 Å². The van der Waals surface area contributed by atoms with Gasteiger partial charge in [0.25, 0.3) is 6.43 Å². The Hall–Kier alpha value is -0.470. The molecule has 0 aliphatic carbocycles. The molecule has 1 aromatic carbocycles. The Bertz CT molecular complexity index is 538. The molecule has 0 radical (unpaired) electrons. The summed E-state index contributed by atoms with van der Waals surface area (Å²) in [5, 5.41) is 0.0641. The summed E-state index contributed by atoms with van der Waals surface area (Å²) in [6.07, 6.45) is -2.79. The van der Waals surface area contributed by atoms with E-state index in [4.69, 9.17) is 28.9 Å². The van der Waals surface area contributed by atoms with Gasteiger partial charge in [0.2, 0.25) is 10.0 Å². The molecule has 0 aliphatic rings. The van der Waals surface area contributed by atoms with E-state index in [1.54, 1.807) is 4.72 Å². The highest BCUT2D eigenvalue weighted by Crippen LogP contribution is 2.28. The predicted molar refractivity (Wildman–Crippen MR) is 65.5 cm³/mol. The Balaban J connectivity index is 3.16. The lowest BCUT2D eigenvalue weighted by Crippen LogP contribution is -2.29. The van der Waals surface area contributed by atoms with Crippen molar-refractivity contribution >= 4 is 33.2 Å². The largest absolute Gasteiger partial charge is 0.326 e. The summed E-state index contributed by atoms with van der Waals surface area (Å²) in [6.45, 7) is -0.980. The molecular formula is C9H10Cl2F2N2O2S. The van der Waals surface area contributed by atoms with Crippen molar-refractivity contribution in [1.29, 1.82) is 0 Å². The van der Waals surface area contributed by atoms with E-state index in [0.29, 0.717) is 5.56 Å². The minimum atomic E-state index is -4.11. The number of alkyl halides is 2. The van der Waals surface area contributed by atoms with Crippen LogP contribution in [0.15, 0.2) is 17.0 Å². The lowest BCUT2D eigenvalue weighted by atomic mass is 10.2. The molecular weight excluding hydrogens is 309 g/mol. The van der Waals surface area contributed by atoms with E-state index in [1.807, 2.05) is 0 Å². The number of sulfonamides is 1. The van der Waals surface area contributed by atoms with Gasteiger partial charge in [0.15, 0.2) is 0 Å². The van der Waals surface area contributed by atoms with Crippen molar-refractivity contribution < 1.29 is 17.2 Å². The lowest BCUT2D eigenvalue weighted by molar-refractivity contribution is 0.153. The van der Waals surface area contributed by atoms with Gasteiger partial charge in [-0.1, -0.05) is 23.2 Å². The van der Waals surface area contributed by atoms with Crippen molar-refractivity contribution in [2.45, 2.75) is 17.9 Å². The summed E-state index contributed by atoms with van der Waals surface area (Å²) < 4.78 is 49.2. The predicted octanol–water partition coefficient (Wildman–Crippen LogP) is 2.00. The van der Waals surface area contributed by atoms with E-state index >= 15 is 0 Å². The van der Waals surface area contributed by atoms with Crippen LogP contribution < -0.4 is 10.5 Å². The van der Waals surface area contributed by atoms with E-state index < -0.39 is 23.0 Å². The van der Waals surface area contributed by atoms with Crippen molar-refractivity contribution in [3.05, 3.63) is 27.7 Å². The number of nitrogens with one attached hydrogen (secondary N) is 1. The Morgan fingerprint density at radius 3 is 2.39 bits per heavy atom. The zero-order valence-electron chi connectivity index (χ0n) is 8.96. The summed E-state index contributed by atoms with van der Waals surface area (Å²) in [5.74, 6) is 0. The number of hydrogen-bond acceptors (Lipinski definition) is 3. The topological polar surface area (TPSA) is 72.2 Å². The van der Waals surface area contributed by atoms with Gasteiger partial charge in [0.1, 0.15) is 4.90 Å². The first-order valence-electron chi connectivity index (χ1n) is 4.73. The summed E-state index contributed by atoms with van der Waals surface area (Å²) >= 11 is 11.5. The molecule has 18 heavy (non-hydrogen) atoms. The van der Waals surface area contributed by atoms with Crippen molar-refractivity contribution in [1.82, 2.24) is 4.72 Å². The van der Waals surface area contributed by atoms with Crippen molar-refractivity contribution in [3.63, 3.8) is 0 Å². The third-order valence-electron chi connectivity index (χ3n) is 2.04. The van der Waals surface area contributed by atoms with Crippen molar-refractivity contribution in [3.8, 4) is 0 Å². The second-order valence-electron chi connectivity index (χ2n) is 3.32. The zero-order chi connectivity index (χ0) is 13.9. The molecule has 0 aliphatic heterocycles. The summed E-state index contributed by atoms with van der Waals surface area (Å²) in [4.78, 5) is -0.324. The van der Waals surface area contributed by atoms with Gasteiger partial charge in [0, 0.05) is 11.6 Å². The maximum absolute atomic E-state index is 12.0. The minimum absolute atomic E-state index is 0.00731. The Morgan fingerprint density at radius 2 is 1.89 bits per heavy atom. The molecule has 0 spiro atoms. The van der Waals surface area contributed by atoms with E-state index in [2.05, 4.69) is 0 Å². The number of nitrogens with two attached hydrogens (primary N) is 1. The Labute approximate surface area is 113 Å². The van der Waals surface area contributed by atoms with Crippen LogP contribution in [0.3, 0.4) is 0 Å². The molecule has 0 atom stereocenters. The first-order valence-corrected chi connectivity index (χ1v) is 6.97. The zero-order valence-corrected chi connectivity index (χ0v) is 11.3. The smallest absolute Gasteiger partial charge is 0.251 e. The second kappa shape index (κ2) is 6.12. The van der Waals surface area contributed by atoms with Gasteiger partial charge < -0.3 is 5.73 Å². The fourth-order valence-corrected chi connectivity index (χ4v) is 3.06. The van der Waals surface area contributed by atoms with Crippen LogP contribution in [0.25, 0.3) is 0 Å². The highest BCUT2D eigenvalue weighted by atomic mass is 35.5. The highest BCUT2D eigenvalue weighted by Gasteiger charge is 2.21. The molecule has 0 unspecified atom stereocenters. The average molecular weight is 319 g/mol. The van der Waals surface area contributed by atoms with Gasteiger partial charge in [-0.25, -0.2) is 21.9 Å². The molecule has 4 nitrogen and oxygen atoms in total. The molecule has 0 aromatic heterocycles. The molecule has 0 saturated heterocycles. The van der Waals surface area contributed by atoms with Gasteiger partial charge in [-0.3, -0.25) is 0 Å². The number of halogens is 4. The van der Waals surface area contributed by atoms with Crippen LogP contribution in [0.4, 0.5) is 8.78 Å².